The number of rotatable bonds is 6. The van der Waals surface area contributed by atoms with Gasteiger partial charge in [0.05, 0.1) is 7.14 Å². The Morgan fingerprint density at radius 2 is 1.81 bits per heavy atom. The second-order valence-corrected chi connectivity index (χ2v) is 9.96. The van der Waals surface area contributed by atoms with Gasteiger partial charge in [-0.3, -0.25) is 4.79 Å². The topological polar surface area (TPSA) is 62.1 Å². The lowest BCUT2D eigenvalue weighted by Gasteiger charge is -2.12. The van der Waals surface area contributed by atoms with Crippen molar-refractivity contribution in [2.75, 3.05) is 5.32 Å². The first-order valence-corrected chi connectivity index (χ1v) is 12.2. The first-order chi connectivity index (χ1) is 14.9. The Morgan fingerprint density at radius 1 is 1.13 bits per heavy atom. The van der Waals surface area contributed by atoms with Gasteiger partial charge >= 0.3 is 0 Å². The Balaban J connectivity index is 1.76. The number of benzene rings is 3. The second-order valence-electron chi connectivity index (χ2n) is 6.72. The van der Waals surface area contributed by atoms with Gasteiger partial charge in [-0.2, -0.15) is 5.26 Å². The average molecular weight is 699 g/mol. The molecular weight excluding hydrogens is 682 g/mol. The van der Waals surface area contributed by atoms with E-state index in [0.29, 0.717) is 12.3 Å². The van der Waals surface area contributed by atoms with E-state index in [4.69, 9.17) is 4.74 Å². The highest BCUT2D eigenvalue weighted by Crippen LogP contribution is 2.30. The van der Waals surface area contributed by atoms with Crippen LogP contribution in [0, 0.1) is 25.4 Å². The van der Waals surface area contributed by atoms with Crippen molar-refractivity contribution < 1.29 is 9.53 Å². The second kappa shape index (κ2) is 11.1. The molecule has 0 aliphatic heterocycles. The van der Waals surface area contributed by atoms with Crippen molar-refractivity contribution in [2.24, 2.45) is 0 Å². The fourth-order valence-corrected chi connectivity index (χ4v) is 5.20. The van der Waals surface area contributed by atoms with Crippen LogP contribution in [0.25, 0.3) is 6.08 Å². The van der Waals surface area contributed by atoms with Crippen molar-refractivity contribution in [3.05, 3.63) is 94.5 Å². The number of carbonyl (C=O) groups is 1. The van der Waals surface area contributed by atoms with Crippen molar-refractivity contribution in [2.45, 2.75) is 13.5 Å². The van der Waals surface area contributed by atoms with Crippen LogP contribution in [0.2, 0.25) is 0 Å². The lowest BCUT2D eigenvalue weighted by atomic mass is 10.1. The summed E-state index contributed by atoms with van der Waals surface area (Å²) in [5.41, 5.74) is 3.71. The zero-order valence-electron chi connectivity index (χ0n) is 16.5. The first kappa shape index (κ1) is 23.8. The molecule has 0 heterocycles. The molecule has 7 heteroatoms. The minimum absolute atomic E-state index is 0.0305. The third kappa shape index (κ3) is 6.79. The van der Waals surface area contributed by atoms with Gasteiger partial charge in [-0.25, -0.2) is 0 Å². The number of halogens is 3. The molecule has 31 heavy (non-hydrogen) atoms. The van der Waals surface area contributed by atoms with E-state index in [1.54, 1.807) is 18.2 Å². The summed E-state index contributed by atoms with van der Waals surface area (Å²) in [6, 6.07) is 21.2. The number of carbonyl (C=O) groups excluding carboxylic acids is 1. The highest BCUT2D eigenvalue weighted by atomic mass is 127. The third-order valence-electron chi connectivity index (χ3n) is 4.26. The maximum Gasteiger partial charge on any atom is 0.266 e. The number of nitriles is 1. The molecule has 4 nitrogen and oxygen atoms in total. The fraction of sp³-hybridized carbons (Fsp3) is 0.0833. The molecule has 1 amide bonds. The quantitative estimate of drug-likeness (QED) is 0.170. The molecule has 0 aliphatic rings. The number of nitrogens with zero attached hydrogens (tertiary/aromatic N) is 1. The molecule has 0 spiro atoms. The Bertz CT molecular complexity index is 1160. The van der Waals surface area contributed by atoms with Crippen LogP contribution in [-0.2, 0) is 11.4 Å². The summed E-state index contributed by atoms with van der Waals surface area (Å²) in [4.78, 5) is 12.5. The molecule has 0 atom stereocenters. The minimum atomic E-state index is -0.449. The van der Waals surface area contributed by atoms with Crippen LogP contribution in [-0.4, -0.2) is 5.91 Å². The van der Waals surface area contributed by atoms with Crippen molar-refractivity contribution in [3.63, 3.8) is 0 Å². The van der Waals surface area contributed by atoms with Gasteiger partial charge in [-0.05, 0) is 106 Å². The van der Waals surface area contributed by atoms with E-state index in [1.807, 2.05) is 42.5 Å². The number of hydrogen-bond donors (Lipinski definition) is 1. The predicted octanol–water partition coefficient (Wildman–Crippen LogP) is 7.09. The summed E-state index contributed by atoms with van der Waals surface area (Å²) in [6.45, 7) is 2.53. The van der Waals surface area contributed by atoms with E-state index in [9.17, 15) is 10.1 Å². The molecule has 0 saturated carbocycles. The summed E-state index contributed by atoms with van der Waals surface area (Å²) < 4.78 is 8.78. The molecular formula is C24H17BrI2N2O2. The SMILES string of the molecule is Cc1cccc(COc2c(I)cc(/C=C(/C#N)C(=O)Nc3ccc(Br)cc3)cc2I)c1. The van der Waals surface area contributed by atoms with Crippen LogP contribution >= 0.6 is 61.1 Å². The molecule has 0 radical (unpaired) electrons. The highest BCUT2D eigenvalue weighted by Gasteiger charge is 2.13. The number of amides is 1. The van der Waals surface area contributed by atoms with Gasteiger partial charge < -0.3 is 10.1 Å². The van der Waals surface area contributed by atoms with Crippen LogP contribution < -0.4 is 10.1 Å². The Labute approximate surface area is 217 Å². The zero-order chi connectivity index (χ0) is 22.4. The lowest BCUT2D eigenvalue weighted by Crippen LogP contribution is -2.13. The number of nitrogens with one attached hydrogen (secondary N) is 1. The van der Waals surface area contributed by atoms with E-state index < -0.39 is 5.91 Å². The average Bonchev–Trinajstić information content (AvgIpc) is 2.73. The van der Waals surface area contributed by atoms with Gasteiger partial charge in [0, 0.05) is 10.2 Å². The molecule has 3 aromatic carbocycles. The van der Waals surface area contributed by atoms with E-state index in [1.165, 1.54) is 5.56 Å². The first-order valence-electron chi connectivity index (χ1n) is 9.22. The normalized spacial score (nSPS) is 11.0. The Kier molecular flexibility index (Phi) is 8.51. The van der Waals surface area contributed by atoms with E-state index in [2.05, 4.69) is 85.5 Å². The minimum Gasteiger partial charge on any atom is -0.487 e. The molecule has 0 bridgehead atoms. The number of ether oxygens (including phenoxy) is 1. The smallest absolute Gasteiger partial charge is 0.266 e. The predicted molar refractivity (Wildman–Crippen MR) is 144 cm³/mol. The van der Waals surface area contributed by atoms with Crippen LogP contribution in [0.5, 0.6) is 5.75 Å². The number of aryl methyl sites for hydroxylation is 1. The van der Waals surface area contributed by atoms with Crippen molar-refractivity contribution in [3.8, 4) is 11.8 Å². The molecule has 0 aromatic heterocycles. The summed E-state index contributed by atoms with van der Waals surface area (Å²) >= 11 is 7.78. The van der Waals surface area contributed by atoms with Gasteiger partial charge in [-0.1, -0.05) is 45.8 Å². The lowest BCUT2D eigenvalue weighted by molar-refractivity contribution is -0.112. The standard InChI is InChI=1S/C24H17BrI2N2O2/c1-15-3-2-4-16(9-15)14-31-23-21(26)11-17(12-22(23)27)10-18(13-28)24(30)29-20-7-5-19(25)6-8-20/h2-12H,14H2,1H3,(H,29,30)/b18-10-. The monoisotopic (exact) mass is 698 g/mol. The summed E-state index contributed by atoms with van der Waals surface area (Å²) in [7, 11) is 0. The van der Waals surface area contributed by atoms with Crippen molar-refractivity contribution in [1.29, 1.82) is 5.26 Å². The van der Waals surface area contributed by atoms with Crippen LogP contribution in [0.1, 0.15) is 16.7 Å². The Morgan fingerprint density at radius 3 is 2.42 bits per heavy atom. The largest absolute Gasteiger partial charge is 0.487 e. The van der Waals surface area contributed by atoms with Gasteiger partial charge in [0.15, 0.2) is 0 Å². The molecule has 0 unspecified atom stereocenters. The maximum absolute atomic E-state index is 12.5. The van der Waals surface area contributed by atoms with Gasteiger partial charge in [0.1, 0.15) is 24.0 Å². The van der Waals surface area contributed by atoms with Crippen LogP contribution in [0.15, 0.2) is 70.7 Å². The summed E-state index contributed by atoms with van der Waals surface area (Å²) in [5.74, 6) is 0.340. The highest BCUT2D eigenvalue weighted by molar-refractivity contribution is 14.1. The maximum atomic E-state index is 12.5. The molecule has 0 saturated heterocycles. The molecule has 0 fully saturated rings. The zero-order valence-corrected chi connectivity index (χ0v) is 22.4. The summed E-state index contributed by atoms with van der Waals surface area (Å²) in [5, 5.41) is 12.2. The molecule has 1 N–H and O–H groups in total. The number of hydrogen-bond acceptors (Lipinski definition) is 3. The fourth-order valence-electron chi connectivity index (χ4n) is 2.81. The van der Waals surface area contributed by atoms with E-state index in [-0.39, 0.29) is 5.57 Å². The van der Waals surface area contributed by atoms with E-state index >= 15 is 0 Å². The third-order valence-corrected chi connectivity index (χ3v) is 6.40. The molecule has 3 aromatic rings. The van der Waals surface area contributed by atoms with Gasteiger partial charge in [0.2, 0.25) is 0 Å². The number of anilines is 1. The van der Waals surface area contributed by atoms with Gasteiger partial charge in [0.25, 0.3) is 5.91 Å². The van der Waals surface area contributed by atoms with Crippen molar-refractivity contribution in [1.82, 2.24) is 0 Å². The van der Waals surface area contributed by atoms with Crippen molar-refractivity contribution >= 4 is 78.8 Å². The van der Waals surface area contributed by atoms with E-state index in [0.717, 1.165) is 28.5 Å². The summed E-state index contributed by atoms with van der Waals surface area (Å²) in [6.07, 6.45) is 1.59. The molecule has 0 aliphatic carbocycles. The van der Waals surface area contributed by atoms with Gasteiger partial charge in [-0.15, -0.1) is 0 Å². The van der Waals surface area contributed by atoms with Crippen LogP contribution in [0.4, 0.5) is 5.69 Å². The van der Waals surface area contributed by atoms with Crippen LogP contribution in [0.3, 0.4) is 0 Å². The molecule has 3 rings (SSSR count). The Hall–Kier alpha value is -1.90. The molecule has 156 valence electrons.